The van der Waals surface area contributed by atoms with Crippen molar-refractivity contribution < 1.29 is 24.2 Å². The molecule has 1 unspecified atom stereocenters. The van der Waals surface area contributed by atoms with Crippen LogP contribution in [0.15, 0.2) is 0 Å². The highest BCUT2D eigenvalue weighted by Gasteiger charge is 2.18. The van der Waals surface area contributed by atoms with E-state index in [0.29, 0.717) is 0 Å². The van der Waals surface area contributed by atoms with Crippen LogP contribution in [-0.4, -0.2) is 41.5 Å². The molecular weight excluding hydrogens is 226 g/mol. The van der Waals surface area contributed by atoms with E-state index in [1.807, 2.05) is 0 Å². The van der Waals surface area contributed by atoms with Crippen LogP contribution >= 0.6 is 0 Å². The number of nitrogens with one attached hydrogen (secondary N) is 1. The van der Waals surface area contributed by atoms with E-state index in [1.165, 1.54) is 6.92 Å². The van der Waals surface area contributed by atoms with Gasteiger partial charge in [0.05, 0.1) is 6.10 Å². The maximum absolute atomic E-state index is 11.3. The van der Waals surface area contributed by atoms with Gasteiger partial charge in [-0.05, 0) is 34.6 Å². The van der Waals surface area contributed by atoms with Gasteiger partial charge in [0.25, 0.3) is 0 Å². The van der Waals surface area contributed by atoms with Gasteiger partial charge in [-0.1, -0.05) is 0 Å². The van der Waals surface area contributed by atoms with E-state index in [2.05, 4.69) is 5.32 Å². The summed E-state index contributed by atoms with van der Waals surface area (Å²) in [6.07, 6.45) is -1.84. The van der Waals surface area contributed by atoms with Crippen LogP contribution in [-0.2, 0) is 14.3 Å². The van der Waals surface area contributed by atoms with Gasteiger partial charge in [-0.3, -0.25) is 0 Å². The number of amides is 1. The molecule has 0 saturated heterocycles. The van der Waals surface area contributed by atoms with Crippen LogP contribution in [0.3, 0.4) is 0 Å². The minimum atomic E-state index is -1.03. The highest BCUT2D eigenvalue weighted by atomic mass is 16.6. The maximum Gasteiger partial charge on any atom is 0.407 e. The highest BCUT2D eigenvalue weighted by molar-refractivity contribution is 5.71. The lowest BCUT2D eigenvalue weighted by molar-refractivity contribution is -0.152. The van der Waals surface area contributed by atoms with Crippen molar-refractivity contribution in [2.75, 3.05) is 6.54 Å². The van der Waals surface area contributed by atoms with Gasteiger partial charge in [0.2, 0.25) is 0 Å². The molecule has 0 fully saturated rings. The molecule has 0 saturated carbocycles. The molecule has 2 N–H and O–H groups in total. The molecule has 0 aliphatic rings. The first kappa shape index (κ1) is 15.7. The minimum Gasteiger partial charge on any atom is -0.479 e. The van der Waals surface area contributed by atoms with Gasteiger partial charge >= 0.3 is 12.1 Å². The second kappa shape index (κ2) is 6.44. The predicted molar refractivity (Wildman–Crippen MR) is 61.9 cm³/mol. The lowest BCUT2D eigenvalue weighted by Crippen LogP contribution is -2.38. The van der Waals surface area contributed by atoms with Crippen molar-refractivity contribution in [1.29, 1.82) is 0 Å². The maximum atomic E-state index is 11.3. The van der Waals surface area contributed by atoms with Gasteiger partial charge in [-0.2, -0.15) is 0 Å². The molecule has 0 spiro atoms. The van der Waals surface area contributed by atoms with Crippen molar-refractivity contribution in [2.24, 2.45) is 0 Å². The molecule has 0 aliphatic heterocycles. The average Bonchev–Trinajstić information content (AvgIpc) is 2.11. The third-order valence-electron chi connectivity index (χ3n) is 1.72. The number of ether oxygens (including phenoxy) is 2. The third kappa shape index (κ3) is 8.50. The number of hydrogen-bond acceptors (Lipinski definition) is 4. The molecule has 0 aromatic carbocycles. The zero-order valence-corrected chi connectivity index (χ0v) is 10.9. The van der Waals surface area contributed by atoms with Gasteiger partial charge in [-0.15, -0.1) is 0 Å². The number of carboxylic acids is 1. The Hall–Kier alpha value is -1.30. The van der Waals surface area contributed by atoms with E-state index >= 15 is 0 Å². The first-order chi connectivity index (χ1) is 7.61. The lowest BCUT2D eigenvalue weighted by atomic mass is 10.2. The summed E-state index contributed by atoms with van der Waals surface area (Å²) in [6.45, 7) is 8.60. The van der Waals surface area contributed by atoms with Crippen molar-refractivity contribution in [1.82, 2.24) is 5.32 Å². The number of rotatable bonds is 5. The van der Waals surface area contributed by atoms with Crippen molar-refractivity contribution in [3.8, 4) is 0 Å². The molecule has 0 aromatic rings. The fourth-order valence-electron chi connectivity index (χ4n) is 0.996. The molecule has 6 nitrogen and oxygen atoms in total. The predicted octanol–water partition coefficient (Wildman–Crippen LogP) is 1.39. The summed E-state index contributed by atoms with van der Waals surface area (Å²) in [5, 5.41) is 11.1. The molecule has 0 aromatic heterocycles. The van der Waals surface area contributed by atoms with Crippen molar-refractivity contribution in [2.45, 2.75) is 52.4 Å². The van der Waals surface area contributed by atoms with Crippen LogP contribution in [0.4, 0.5) is 4.79 Å². The van der Waals surface area contributed by atoms with E-state index in [1.54, 1.807) is 27.7 Å². The summed E-state index contributed by atoms with van der Waals surface area (Å²) in [4.78, 5) is 21.8. The molecule has 6 heteroatoms. The second-order valence-electron chi connectivity index (χ2n) is 4.81. The Bertz CT molecular complexity index is 272. The number of aliphatic carboxylic acids is 1. The molecule has 17 heavy (non-hydrogen) atoms. The molecule has 1 amide bonds. The monoisotopic (exact) mass is 247 g/mol. The van der Waals surface area contributed by atoms with Gasteiger partial charge in [0.1, 0.15) is 5.60 Å². The summed E-state index contributed by atoms with van der Waals surface area (Å²) in [6, 6.07) is 0. The van der Waals surface area contributed by atoms with Crippen molar-refractivity contribution >= 4 is 12.1 Å². The van der Waals surface area contributed by atoms with Crippen LogP contribution in [0.5, 0.6) is 0 Å². The van der Waals surface area contributed by atoms with Gasteiger partial charge in [0, 0.05) is 6.54 Å². The molecule has 2 atom stereocenters. The molecule has 100 valence electrons. The first-order valence-corrected chi connectivity index (χ1v) is 5.47. The smallest absolute Gasteiger partial charge is 0.407 e. The number of carbonyl (C=O) groups excluding carboxylic acids is 1. The van der Waals surface area contributed by atoms with Crippen molar-refractivity contribution in [3.63, 3.8) is 0 Å². The molecule has 0 aliphatic carbocycles. The lowest BCUT2D eigenvalue weighted by Gasteiger charge is -2.21. The summed E-state index contributed by atoms with van der Waals surface area (Å²) in [5.41, 5.74) is -0.553. The Balaban J connectivity index is 3.88. The van der Waals surface area contributed by atoms with Crippen molar-refractivity contribution in [3.05, 3.63) is 0 Å². The number of carbonyl (C=O) groups is 2. The topological polar surface area (TPSA) is 84.9 Å². The molecule has 0 bridgehead atoms. The van der Waals surface area contributed by atoms with Crippen LogP contribution in [0.25, 0.3) is 0 Å². The summed E-state index contributed by atoms with van der Waals surface area (Å²) >= 11 is 0. The summed E-state index contributed by atoms with van der Waals surface area (Å²) < 4.78 is 10.1. The Morgan fingerprint density at radius 2 is 1.82 bits per heavy atom. The molecule has 0 heterocycles. The first-order valence-electron chi connectivity index (χ1n) is 5.47. The Morgan fingerprint density at radius 3 is 2.24 bits per heavy atom. The van der Waals surface area contributed by atoms with Crippen LogP contribution in [0.1, 0.15) is 34.6 Å². The fraction of sp³-hybridized carbons (Fsp3) is 0.818. The largest absolute Gasteiger partial charge is 0.479 e. The Kier molecular flexibility index (Phi) is 5.95. The van der Waals surface area contributed by atoms with E-state index < -0.39 is 29.9 Å². The van der Waals surface area contributed by atoms with Crippen LogP contribution in [0.2, 0.25) is 0 Å². The van der Waals surface area contributed by atoms with E-state index in [-0.39, 0.29) is 6.54 Å². The minimum absolute atomic E-state index is 0.201. The fourth-order valence-corrected chi connectivity index (χ4v) is 0.996. The Morgan fingerprint density at radius 1 is 1.29 bits per heavy atom. The zero-order chi connectivity index (χ0) is 13.6. The number of alkyl carbamates (subject to hydrolysis) is 1. The Labute approximate surface area is 101 Å². The third-order valence-corrected chi connectivity index (χ3v) is 1.72. The van der Waals surface area contributed by atoms with Gasteiger partial charge in [-0.25, -0.2) is 9.59 Å². The second-order valence-corrected chi connectivity index (χ2v) is 4.81. The quantitative estimate of drug-likeness (QED) is 0.766. The van der Waals surface area contributed by atoms with E-state index in [9.17, 15) is 9.59 Å². The van der Waals surface area contributed by atoms with Gasteiger partial charge in [0.15, 0.2) is 6.10 Å². The molecule has 0 radical (unpaired) electrons. The highest BCUT2D eigenvalue weighted by Crippen LogP contribution is 2.06. The summed E-state index contributed by atoms with van der Waals surface area (Å²) in [5.74, 6) is -1.03. The van der Waals surface area contributed by atoms with E-state index in [4.69, 9.17) is 14.6 Å². The number of carboxylic acid groups (broad SMARTS) is 1. The van der Waals surface area contributed by atoms with Crippen LogP contribution < -0.4 is 5.32 Å². The standard InChI is InChI=1S/C11H21NO5/c1-7(16-8(2)9(13)14)6-12-10(15)17-11(3,4)5/h7-8H,6H2,1-5H3,(H,12,15)(H,13,14)/t7-,8?/m0/s1. The number of hydrogen-bond donors (Lipinski definition) is 2. The van der Waals surface area contributed by atoms with Crippen LogP contribution in [0, 0.1) is 0 Å². The summed E-state index contributed by atoms with van der Waals surface area (Å²) in [7, 11) is 0. The molecular formula is C11H21NO5. The normalized spacial score (nSPS) is 14.9. The zero-order valence-electron chi connectivity index (χ0n) is 10.9. The van der Waals surface area contributed by atoms with E-state index in [0.717, 1.165) is 0 Å². The molecule has 0 rings (SSSR count). The average molecular weight is 247 g/mol. The SMILES string of the molecule is CC(O[C@@H](C)CNC(=O)OC(C)(C)C)C(=O)O. The van der Waals surface area contributed by atoms with Gasteiger partial charge < -0.3 is 19.9 Å².